The maximum Gasteiger partial charge on any atom is 0.343 e. The van der Waals surface area contributed by atoms with Crippen LogP contribution in [0.5, 0.6) is 0 Å². The van der Waals surface area contributed by atoms with Crippen molar-refractivity contribution < 1.29 is 23.3 Å². The zero-order valence-electron chi connectivity index (χ0n) is 18.9. The van der Waals surface area contributed by atoms with Crippen molar-refractivity contribution in [3.8, 4) is 0 Å². The van der Waals surface area contributed by atoms with E-state index < -0.39 is 12.5 Å². The van der Waals surface area contributed by atoms with Gasteiger partial charge < -0.3 is 23.4 Å². The lowest BCUT2D eigenvalue weighted by molar-refractivity contribution is 0.0543. The van der Waals surface area contributed by atoms with Gasteiger partial charge in [0.05, 0.1) is 24.5 Å². The van der Waals surface area contributed by atoms with Crippen molar-refractivity contribution >= 4 is 30.0 Å². The van der Waals surface area contributed by atoms with Gasteiger partial charge in [0.2, 0.25) is 6.49 Å². The fourth-order valence-electron chi connectivity index (χ4n) is 4.21. The summed E-state index contributed by atoms with van der Waals surface area (Å²) in [5, 5.41) is 0.976. The van der Waals surface area contributed by atoms with Gasteiger partial charge in [0.15, 0.2) is 0 Å². The summed E-state index contributed by atoms with van der Waals surface area (Å²) in [6, 6.07) is 18.8. The van der Waals surface area contributed by atoms with Gasteiger partial charge in [0, 0.05) is 43.8 Å². The van der Waals surface area contributed by atoms with E-state index in [0.29, 0.717) is 37.4 Å². The number of hydrogen-bond donors (Lipinski definition) is 0. The first-order chi connectivity index (χ1) is 16.1. The quantitative estimate of drug-likeness (QED) is 0.304. The van der Waals surface area contributed by atoms with Crippen LogP contribution in [0.3, 0.4) is 0 Å². The van der Waals surface area contributed by atoms with E-state index >= 15 is 0 Å². The average molecular weight is 486 g/mol. The molecule has 1 fully saturated rings. The molecule has 2 aromatic carbocycles. The molecule has 2 aromatic rings. The van der Waals surface area contributed by atoms with E-state index in [0.717, 1.165) is 35.2 Å². The van der Waals surface area contributed by atoms with E-state index in [2.05, 4.69) is 4.90 Å². The van der Waals surface area contributed by atoms with Crippen molar-refractivity contribution in [3.05, 3.63) is 88.4 Å². The van der Waals surface area contributed by atoms with E-state index in [4.69, 9.17) is 30.3 Å². The van der Waals surface area contributed by atoms with Crippen molar-refractivity contribution in [1.82, 2.24) is 4.90 Å². The number of ether oxygens (including phenoxy) is 2. The van der Waals surface area contributed by atoms with Crippen LogP contribution in [0.2, 0.25) is 0 Å². The van der Waals surface area contributed by atoms with Crippen molar-refractivity contribution in [2.24, 2.45) is 0 Å². The standard InChI is InChI=1S/C25H28NO5PS/c1-28-32(33,29-2)22-14-13-21(23(22)26-15-17-30-18-16-26)24(19-9-5-3-6-10-19)31-25(27)20-11-7-4-8-12-20/h3-12H,13-18H2,1-2H3/b24-21-. The number of allylic oxidation sites excluding steroid dienone is 2. The van der Waals surface area contributed by atoms with Crippen molar-refractivity contribution in [2.75, 3.05) is 40.5 Å². The molecule has 174 valence electrons. The molecule has 0 aromatic heterocycles. The molecule has 0 amide bonds. The zero-order chi connectivity index (χ0) is 23.3. The number of carbonyl (C=O) groups excluding carboxylic acids is 1. The second-order valence-corrected chi connectivity index (χ2v) is 11.4. The maximum absolute atomic E-state index is 13.1. The molecule has 1 heterocycles. The molecule has 2 aliphatic rings. The summed E-state index contributed by atoms with van der Waals surface area (Å²) >= 11 is 5.85. The number of benzene rings is 2. The highest BCUT2D eigenvalue weighted by atomic mass is 32.5. The van der Waals surface area contributed by atoms with Gasteiger partial charge in [0.25, 0.3) is 0 Å². The smallest absolute Gasteiger partial charge is 0.343 e. The highest BCUT2D eigenvalue weighted by Crippen LogP contribution is 2.62. The second-order valence-electron chi connectivity index (χ2n) is 7.69. The first-order valence-corrected chi connectivity index (χ1v) is 13.6. The summed E-state index contributed by atoms with van der Waals surface area (Å²) in [6.07, 6.45) is 1.37. The van der Waals surface area contributed by atoms with Crippen molar-refractivity contribution in [3.63, 3.8) is 0 Å². The first kappa shape index (κ1) is 23.9. The Morgan fingerprint density at radius 1 is 0.909 bits per heavy atom. The second kappa shape index (κ2) is 10.8. The van der Waals surface area contributed by atoms with E-state index in [1.54, 1.807) is 26.4 Å². The Bertz CT molecular complexity index is 1090. The Morgan fingerprint density at radius 2 is 1.48 bits per heavy atom. The number of hydrogen-bond acceptors (Lipinski definition) is 7. The van der Waals surface area contributed by atoms with Crippen LogP contribution in [0.4, 0.5) is 0 Å². The molecule has 0 bridgehead atoms. The molecule has 1 aliphatic heterocycles. The monoisotopic (exact) mass is 485 g/mol. The summed E-state index contributed by atoms with van der Waals surface area (Å²) < 4.78 is 23.2. The number of morpholine rings is 1. The third kappa shape index (κ3) is 5.13. The van der Waals surface area contributed by atoms with Gasteiger partial charge in [-0.2, -0.15) is 0 Å². The number of rotatable bonds is 7. The van der Waals surface area contributed by atoms with Crippen LogP contribution < -0.4 is 0 Å². The van der Waals surface area contributed by atoms with Gasteiger partial charge in [0.1, 0.15) is 5.76 Å². The minimum absolute atomic E-state index is 0.394. The third-order valence-electron chi connectivity index (χ3n) is 5.82. The molecule has 0 saturated carbocycles. The van der Waals surface area contributed by atoms with Crippen LogP contribution in [0, 0.1) is 0 Å². The molecule has 0 spiro atoms. The predicted molar refractivity (Wildman–Crippen MR) is 132 cm³/mol. The van der Waals surface area contributed by atoms with Crippen molar-refractivity contribution in [2.45, 2.75) is 12.8 Å². The minimum atomic E-state index is -2.66. The molecule has 0 atom stereocenters. The Balaban J connectivity index is 1.87. The lowest BCUT2D eigenvalue weighted by Crippen LogP contribution is -2.36. The summed E-state index contributed by atoms with van der Waals surface area (Å²) in [6.45, 7) is 0.0322. The SMILES string of the molecule is COP(=S)(OC)C1=C(N2CCOCC2)/C(=C(\OC(=O)c2ccccc2)c2ccccc2)CC1. The summed E-state index contributed by atoms with van der Waals surface area (Å²) in [5.41, 5.74) is 3.27. The third-order valence-corrected chi connectivity index (χ3v) is 9.44. The molecule has 0 unspecified atom stereocenters. The minimum Gasteiger partial charge on any atom is -0.422 e. The number of nitrogens with zero attached hydrogens (tertiary/aromatic N) is 1. The van der Waals surface area contributed by atoms with E-state index in [1.807, 2.05) is 48.5 Å². The van der Waals surface area contributed by atoms with Crippen LogP contribution >= 0.6 is 6.49 Å². The van der Waals surface area contributed by atoms with Gasteiger partial charge in [-0.05, 0) is 36.8 Å². The molecule has 1 aliphatic carbocycles. The van der Waals surface area contributed by atoms with Gasteiger partial charge in [-0.25, -0.2) is 4.79 Å². The van der Waals surface area contributed by atoms with Gasteiger partial charge >= 0.3 is 5.97 Å². The Hall–Kier alpha value is -2.28. The molecule has 0 radical (unpaired) electrons. The lowest BCUT2D eigenvalue weighted by atomic mass is 10.0. The van der Waals surface area contributed by atoms with Crippen LogP contribution in [0.25, 0.3) is 5.76 Å². The fraction of sp³-hybridized carbons (Fsp3) is 0.320. The lowest BCUT2D eigenvalue weighted by Gasteiger charge is -2.33. The van der Waals surface area contributed by atoms with E-state index in [1.165, 1.54) is 0 Å². The number of esters is 1. The summed E-state index contributed by atoms with van der Waals surface area (Å²) in [5.74, 6) is 0.157. The van der Waals surface area contributed by atoms with Crippen LogP contribution in [0.15, 0.2) is 77.2 Å². The molecular formula is C25H28NO5PS. The van der Waals surface area contributed by atoms with E-state index in [-0.39, 0.29) is 0 Å². The maximum atomic E-state index is 13.1. The highest BCUT2D eigenvalue weighted by Gasteiger charge is 2.37. The average Bonchev–Trinajstić information content (AvgIpc) is 3.33. The Kier molecular flexibility index (Phi) is 7.78. The van der Waals surface area contributed by atoms with Gasteiger partial charge in [-0.1, -0.05) is 48.5 Å². The normalized spacial score (nSPS) is 18.4. The molecule has 4 rings (SSSR count). The predicted octanol–water partition coefficient (Wildman–Crippen LogP) is 5.19. The Labute approximate surface area is 200 Å². The summed E-state index contributed by atoms with van der Waals surface area (Å²) in [4.78, 5) is 15.4. The summed E-state index contributed by atoms with van der Waals surface area (Å²) in [7, 11) is 3.20. The highest BCUT2D eigenvalue weighted by molar-refractivity contribution is 8.11. The molecule has 0 N–H and O–H groups in total. The molecule has 33 heavy (non-hydrogen) atoms. The van der Waals surface area contributed by atoms with Crippen molar-refractivity contribution in [1.29, 1.82) is 0 Å². The molecule has 6 nitrogen and oxygen atoms in total. The molecule has 1 saturated heterocycles. The largest absolute Gasteiger partial charge is 0.422 e. The van der Waals surface area contributed by atoms with Crippen LogP contribution in [0.1, 0.15) is 28.8 Å². The van der Waals surface area contributed by atoms with Crippen LogP contribution in [-0.2, 0) is 30.3 Å². The van der Waals surface area contributed by atoms with Gasteiger partial charge in [-0.3, -0.25) is 0 Å². The zero-order valence-corrected chi connectivity index (χ0v) is 20.6. The first-order valence-electron chi connectivity index (χ1n) is 10.9. The molecular weight excluding hydrogens is 457 g/mol. The van der Waals surface area contributed by atoms with E-state index in [9.17, 15) is 4.79 Å². The van der Waals surface area contributed by atoms with Crippen LogP contribution in [-0.4, -0.2) is 51.4 Å². The fourth-order valence-corrected chi connectivity index (χ4v) is 6.25. The van der Waals surface area contributed by atoms with Gasteiger partial charge in [-0.15, -0.1) is 0 Å². The molecule has 8 heteroatoms. The Morgan fingerprint density at radius 3 is 2.06 bits per heavy atom. The topological polar surface area (TPSA) is 57.2 Å². The number of carbonyl (C=O) groups is 1.